The Bertz CT molecular complexity index is 606. The minimum atomic E-state index is -0.433. The van der Waals surface area contributed by atoms with Crippen molar-refractivity contribution in [3.05, 3.63) is 33.4 Å². The number of rotatable bonds is 4. The summed E-state index contributed by atoms with van der Waals surface area (Å²) in [6.07, 6.45) is 1.53. The summed E-state index contributed by atoms with van der Waals surface area (Å²) in [7, 11) is 0. The molecule has 1 aliphatic rings. The Morgan fingerprint density at radius 2 is 1.86 bits per heavy atom. The summed E-state index contributed by atoms with van der Waals surface area (Å²) in [5, 5.41) is 3.21. The highest BCUT2D eigenvalue weighted by molar-refractivity contribution is 6.37. The van der Waals surface area contributed by atoms with Gasteiger partial charge in [-0.05, 0) is 37.6 Å². The van der Waals surface area contributed by atoms with Crippen molar-refractivity contribution in [2.75, 3.05) is 13.2 Å². The van der Waals surface area contributed by atoms with Crippen LogP contribution in [0.1, 0.15) is 19.4 Å². The lowest BCUT2D eigenvalue weighted by Crippen LogP contribution is -2.30. The van der Waals surface area contributed by atoms with Crippen molar-refractivity contribution in [2.24, 2.45) is 0 Å². The molecule has 0 spiro atoms. The first kappa shape index (κ1) is 15.7. The molecule has 1 aromatic rings. The first-order valence-electron chi connectivity index (χ1n) is 6.44. The number of halogens is 2. The molecule has 1 aliphatic heterocycles. The van der Waals surface area contributed by atoms with Crippen LogP contribution in [0.4, 0.5) is 4.79 Å². The van der Waals surface area contributed by atoms with E-state index in [1.165, 1.54) is 6.08 Å². The normalized spacial score (nSPS) is 16.6. The summed E-state index contributed by atoms with van der Waals surface area (Å²) in [5.41, 5.74) is 0.799. The first-order valence-corrected chi connectivity index (χ1v) is 7.19. The van der Waals surface area contributed by atoms with E-state index in [-0.39, 0.29) is 11.6 Å². The number of carbonyl (C=O) groups excluding carboxylic acids is 2. The molecule has 5 nitrogen and oxygen atoms in total. The van der Waals surface area contributed by atoms with Crippen molar-refractivity contribution in [1.29, 1.82) is 0 Å². The number of nitrogens with zero attached hydrogens (tertiary/aromatic N) is 1. The van der Waals surface area contributed by atoms with Crippen LogP contribution in [0.2, 0.25) is 10.0 Å². The summed E-state index contributed by atoms with van der Waals surface area (Å²) in [6, 6.07) is 2.82. The van der Waals surface area contributed by atoms with Crippen LogP contribution < -0.4 is 10.1 Å². The number of imide groups is 1. The molecule has 1 fully saturated rings. The molecule has 7 heteroatoms. The molecule has 0 bridgehead atoms. The number of carbonyl (C=O) groups is 2. The highest BCUT2D eigenvalue weighted by atomic mass is 35.5. The third kappa shape index (κ3) is 3.14. The van der Waals surface area contributed by atoms with Crippen LogP contribution in [-0.4, -0.2) is 30.0 Å². The summed E-state index contributed by atoms with van der Waals surface area (Å²) in [6.45, 7) is 4.31. The van der Waals surface area contributed by atoms with E-state index in [2.05, 4.69) is 5.32 Å². The molecular weight excluding hydrogens is 315 g/mol. The van der Waals surface area contributed by atoms with E-state index < -0.39 is 6.03 Å². The molecule has 1 saturated heterocycles. The van der Waals surface area contributed by atoms with Gasteiger partial charge in [-0.2, -0.15) is 0 Å². The van der Waals surface area contributed by atoms with E-state index >= 15 is 0 Å². The van der Waals surface area contributed by atoms with Crippen LogP contribution >= 0.6 is 23.2 Å². The van der Waals surface area contributed by atoms with Gasteiger partial charge in [0.15, 0.2) is 5.75 Å². The average molecular weight is 329 g/mol. The van der Waals surface area contributed by atoms with Gasteiger partial charge in [0.2, 0.25) is 0 Å². The number of likely N-dealkylation sites (N-methyl/N-ethyl adjacent to an activating group) is 1. The molecule has 0 unspecified atom stereocenters. The van der Waals surface area contributed by atoms with Crippen LogP contribution in [0, 0.1) is 0 Å². The highest BCUT2D eigenvalue weighted by Crippen LogP contribution is 2.35. The van der Waals surface area contributed by atoms with Gasteiger partial charge in [-0.15, -0.1) is 0 Å². The van der Waals surface area contributed by atoms with E-state index in [0.717, 1.165) is 4.90 Å². The van der Waals surface area contributed by atoms with Crippen LogP contribution in [0.15, 0.2) is 17.8 Å². The summed E-state index contributed by atoms with van der Waals surface area (Å²) < 4.78 is 5.34. The van der Waals surface area contributed by atoms with Crippen LogP contribution in [0.5, 0.6) is 5.75 Å². The van der Waals surface area contributed by atoms with E-state index in [0.29, 0.717) is 34.5 Å². The Morgan fingerprint density at radius 3 is 2.33 bits per heavy atom. The maximum absolute atomic E-state index is 12.0. The summed E-state index contributed by atoms with van der Waals surface area (Å²) in [5.74, 6) is 0.0311. The first-order chi connectivity index (χ1) is 9.97. The fourth-order valence-electron chi connectivity index (χ4n) is 1.97. The number of hydrogen-bond acceptors (Lipinski definition) is 3. The SMILES string of the molecule is CCOc1c(Cl)cc(/C=C2/NC(=O)N(CC)C2=O)cc1Cl. The van der Waals surface area contributed by atoms with Crippen molar-refractivity contribution in [3.63, 3.8) is 0 Å². The van der Waals surface area contributed by atoms with E-state index in [1.54, 1.807) is 19.1 Å². The molecule has 0 atom stereocenters. The molecule has 1 N–H and O–H groups in total. The van der Waals surface area contributed by atoms with Crippen molar-refractivity contribution in [2.45, 2.75) is 13.8 Å². The molecule has 21 heavy (non-hydrogen) atoms. The third-order valence-electron chi connectivity index (χ3n) is 2.90. The quantitative estimate of drug-likeness (QED) is 0.681. The van der Waals surface area contributed by atoms with Gasteiger partial charge in [0.1, 0.15) is 5.70 Å². The van der Waals surface area contributed by atoms with E-state index in [4.69, 9.17) is 27.9 Å². The van der Waals surface area contributed by atoms with Gasteiger partial charge in [-0.1, -0.05) is 23.2 Å². The largest absolute Gasteiger partial charge is 0.491 e. The smallest absolute Gasteiger partial charge is 0.328 e. The van der Waals surface area contributed by atoms with Crippen molar-refractivity contribution in [3.8, 4) is 5.75 Å². The molecule has 2 rings (SSSR count). The Hall–Kier alpha value is -1.72. The zero-order valence-corrected chi connectivity index (χ0v) is 13.1. The maximum Gasteiger partial charge on any atom is 0.328 e. The Labute approximate surface area is 132 Å². The van der Waals surface area contributed by atoms with Gasteiger partial charge < -0.3 is 10.1 Å². The zero-order chi connectivity index (χ0) is 15.6. The third-order valence-corrected chi connectivity index (χ3v) is 3.46. The molecule has 0 radical (unpaired) electrons. The zero-order valence-electron chi connectivity index (χ0n) is 11.6. The molecule has 0 saturated carbocycles. The monoisotopic (exact) mass is 328 g/mol. The number of ether oxygens (including phenoxy) is 1. The number of amides is 3. The summed E-state index contributed by atoms with van der Waals surface area (Å²) in [4.78, 5) is 24.7. The Morgan fingerprint density at radius 1 is 1.24 bits per heavy atom. The van der Waals surface area contributed by atoms with Gasteiger partial charge >= 0.3 is 6.03 Å². The van der Waals surface area contributed by atoms with Gasteiger partial charge in [0, 0.05) is 6.54 Å². The average Bonchev–Trinajstić information content (AvgIpc) is 2.68. The number of hydrogen-bond donors (Lipinski definition) is 1. The number of nitrogens with one attached hydrogen (secondary N) is 1. The lowest BCUT2D eigenvalue weighted by molar-refractivity contribution is -0.122. The van der Waals surface area contributed by atoms with Crippen LogP contribution in [0.25, 0.3) is 6.08 Å². The minimum absolute atomic E-state index is 0.193. The maximum atomic E-state index is 12.0. The Balaban J connectivity index is 2.34. The van der Waals surface area contributed by atoms with Crippen LogP contribution in [0.3, 0.4) is 0 Å². The Kier molecular flexibility index (Phi) is 4.75. The fraction of sp³-hybridized carbons (Fsp3) is 0.286. The van der Waals surface area contributed by atoms with Gasteiger partial charge in [0.05, 0.1) is 16.7 Å². The second-order valence-electron chi connectivity index (χ2n) is 4.28. The predicted octanol–water partition coefficient (Wildman–Crippen LogP) is 3.30. The standard InChI is InChI=1S/C14H14Cl2N2O3/c1-3-18-13(19)11(17-14(18)20)7-8-5-9(15)12(21-4-2)10(16)6-8/h5-7H,3-4H2,1-2H3,(H,17,20)/b11-7+. The van der Waals surface area contributed by atoms with E-state index in [1.807, 2.05) is 6.92 Å². The van der Waals surface area contributed by atoms with Crippen molar-refractivity contribution in [1.82, 2.24) is 10.2 Å². The second kappa shape index (κ2) is 6.37. The fourth-order valence-corrected chi connectivity index (χ4v) is 2.58. The molecule has 112 valence electrons. The molecule has 0 aliphatic carbocycles. The molecule has 1 heterocycles. The predicted molar refractivity (Wildman–Crippen MR) is 81.5 cm³/mol. The molecule has 0 aromatic heterocycles. The van der Waals surface area contributed by atoms with Crippen LogP contribution in [-0.2, 0) is 4.79 Å². The molecule has 1 aromatic carbocycles. The number of urea groups is 1. The van der Waals surface area contributed by atoms with Crippen molar-refractivity contribution >= 4 is 41.2 Å². The minimum Gasteiger partial charge on any atom is -0.491 e. The number of benzene rings is 1. The van der Waals surface area contributed by atoms with Crippen molar-refractivity contribution < 1.29 is 14.3 Å². The topological polar surface area (TPSA) is 58.6 Å². The summed E-state index contributed by atoms with van der Waals surface area (Å²) >= 11 is 12.2. The second-order valence-corrected chi connectivity index (χ2v) is 5.10. The lowest BCUT2D eigenvalue weighted by Gasteiger charge is -2.09. The van der Waals surface area contributed by atoms with Gasteiger partial charge in [0.25, 0.3) is 5.91 Å². The van der Waals surface area contributed by atoms with Gasteiger partial charge in [-0.3, -0.25) is 9.69 Å². The van der Waals surface area contributed by atoms with Gasteiger partial charge in [-0.25, -0.2) is 4.79 Å². The molecule has 3 amide bonds. The molecular formula is C14H14Cl2N2O3. The van der Waals surface area contributed by atoms with E-state index in [9.17, 15) is 9.59 Å². The lowest BCUT2D eigenvalue weighted by atomic mass is 10.2. The highest BCUT2D eigenvalue weighted by Gasteiger charge is 2.32.